The lowest BCUT2D eigenvalue weighted by atomic mass is 10.7. The second-order valence-electron chi connectivity index (χ2n) is 1.53. The third kappa shape index (κ3) is 1.16. The SMILES string of the molecule is O=c1cnc([N+](=O)[O-])c[nH]1. The van der Waals surface area contributed by atoms with Crippen LogP contribution in [-0.2, 0) is 0 Å². The quantitative estimate of drug-likeness (QED) is 0.428. The number of H-pyrrole nitrogens is 1. The molecule has 1 N–H and O–H groups in total. The van der Waals surface area contributed by atoms with E-state index in [-0.39, 0.29) is 5.82 Å². The zero-order chi connectivity index (χ0) is 7.56. The highest BCUT2D eigenvalue weighted by atomic mass is 16.6. The maximum Gasteiger partial charge on any atom is 0.379 e. The first-order valence-electron chi connectivity index (χ1n) is 2.39. The molecule has 0 aliphatic carbocycles. The molecule has 0 saturated heterocycles. The largest absolute Gasteiger partial charge is 0.379 e. The summed E-state index contributed by atoms with van der Waals surface area (Å²) in [5, 5.41) is 9.93. The van der Waals surface area contributed by atoms with Gasteiger partial charge in [0.1, 0.15) is 6.20 Å². The molecule has 6 heteroatoms. The summed E-state index contributed by atoms with van der Waals surface area (Å²) >= 11 is 0. The predicted octanol–water partition coefficient (Wildman–Crippen LogP) is -0.322. The van der Waals surface area contributed by atoms with Crippen LogP contribution in [0.4, 0.5) is 5.82 Å². The normalized spacial score (nSPS) is 9.20. The molecule has 1 heterocycles. The molecule has 0 aromatic carbocycles. The first-order valence-corrected chi connectivity index (χ1v) is 2.39. The Morgan fingerprint density at radius 2 is 2.40 bits per heavy atom. The van der Waals surface area contributed by atoms with Crippen molar-refractivity contribution in [3.8, 4) is 0 Å². The van der Waals surface area contributed by atoms with Crippen molar-refractivity contribution in [3.05, 3.63) is 32.9 Å². The molecule has 0 radical (unpaired) electrons. The highest BCUT2D eigenvalue weighted by Gasteiger charge is 2.03. The predicted molar refractivity (Wildman–Crippen MR) is 31.5 cm³/mol. The lowest BCUT2D eigenvalue weighted by Gasteiger charge is -1.86. The van der Waals surface area contributed by atoms with E-state index in [2.05, 4.69) is 9.97 Å². The highest BCUT2D eigenvalue weighted by molar-refractivity contribution is 5.09. The van der Waals surface area contributed by atoms with E-state index in [4.69, 9.17) is 0 Å². The molecule has 0 fully saturated rings. The Morgan fingerprint density at radius 3 is 2.80 bits per heavy atom. The summed E-state index contributed by atoms with van der Waals surface area (Å²) in [6.45, 7) is 0. The van der Waals surface area contributed by atoms with Crippen molar-refractivity contribution in [3.63, 3.8) is 0 Å². The van der Waals surface area contributed by atoms with Gasteiger partial charge in [-0.15, -0.1) is 0 Å². The van der Waals surface area contributed by atoms with Gasteiger partial charge in [0.15, 0.2) is 0 Å². The smallest absolute Gasteiger partial charge is 0.358 e. The van der Waals surface area contributed by atoms with Crippen molar-refractivity contribution in [1.82, 2.24) is 9.97 Å². The molecule has 0 aliphatic rings. The zero-order valence-electron chi connectivity index (χ0n) is 4.77. The molecule has 10 heavy (non-hydrogen) atoms. The first-order chi connectivity index (χ1) is 4.70. The second kappa shape index (κ2) is 2.26. The first kappa shape index (κ1) is 6.40. The molecule has 0 spiro atoms. The summed E-state index contributed by atoms with van der Waals surface area (Å²) < 4.78 is 0. The third-order valence-corrected chi connectivity index (χ3v) is 0.845. The number of aromatic amines is 1. The molecule has 0 unspecified atom stereocenters. The lowest BCUT2D eigenvalue weighted by molar-refractivity contribution is -0.389. The van der Waals surface area contributed by atoms with E-state index in [0.29, 0.717) is 0 Å². The minimum atomic E-state index is -0.685. The van der Waals surface area contributed by atoms with Crippen molar-refractivity contribution in [1.29, 1.82) is 0 Å². The van der Waals surface area contributed by atoms with Gasteiger partial charge in [-0.3, -0.25) is 4.79 Å². The highest BCUT2D eigenvalue weighted by Crippen LogP contribution is 1.97. The van der Waals surface area contributed by atoms with Crippen LogP contribution >= 0.6 is 0 Å². The molecule has 6 nitrogen and oxygen atoms in total. The van der Waals surface area contributed by atoms with E-state index in [1.165, 1.54) is 0 Å². The van der Waals surface area contributed by atoms with E-state index in [1.807, 2.05) is 0 Å². The summed E-state index contributed by atoms with van der Waals surface area (Å²) in [4.78, 5) is 24.9. The van der Waals surface area contributed by atoms with Gasteiger partial charge in [-0.2, -0.15) is 0 Å². The second-order valence-corrected chi connectivity index (χ2v) is 1.53. The molecule has 52 valence electrons. The number of nitrogens with zero attached hydrogens (tertiary/aromatic N) is 2. The van der Waals surface area contributed by atoms with E-state index in [1.54, 1.807) is 0 Å². The van der Waals surface area contributed by atoms with Gasteiger partial charge in [0.05, 0.1) is 0 Å². The van der Waals surface area contributed by atoms with Crippen LogP contribution < -0.4 is 5.56 Å². The molecule has 0 aliphatic heterocycles. The van der Waals surface area contributed by atoms with Crippen LogP contribution in [0.1, 0.15) is 0 Å². The zero-order valence-corrected chi connectivity index (χ0v) is 4.77. The van der Waals surface area contributed by atoms with Crippen LogP contribution in [0.5, 0.6) is 0 Å². The van der Waals surface area contributed by atoms with Crippen LogP contribution in [0.3, 0.4) is 0 Å². The van der Waals surface area contributed by atoms with E-state index in [9.17, 15) is 14.9 Å². The maximum absolute atomic E-state index is 10.3. The van der Waals surface area contributed by atoms with Gasteiger partial charge in [-0.1, -0.05) is 0 Å². The number of hydrogen-bond donors (Lipinski definition) is 1. The molecule has 1 rings (SSSR count). The molecule has 0 saturated carbocycles. The molecule has 0 amide bonds. The number of nitro groups is 1. The fourth-order valence-electron chi connectivity index (χ4n) is 0.435. The summed E-state index contributed by atoms with van der Waals surface area (Å²) in [5.41, 5.74) is -0.453. The summed E-state index contributed by atoms with van der Waals surface area (Å²) in [6, 6.07) is 0. The fourth-order valence-corrected chi connectivity index (χ4v) is 0.435. The Kier molecular flexibility index (Phi) is 1.44. The maximum atomic E-state index is 10.3. The average molecular weight is 141 g/mol. The van der Waals surface area contributed by atoms with Crippen LogP contribution in [0.2, 0.25) is 0 Å². The van der Waals surface area contributed by atoms with Crippen LogP contribution in [-0.4, -0.2) is 14.9 Å². The fraction of sp³-hybridized carbons (Fsp3) is 0. The number of nitrogens with one attached hydrogen (secondary N) is 1. The van der Waals surface area contributed by atoms with E-state index < -0.39 is 10.5 Å². The minimum absolute atomic E-state index is 0.361. The van der Waals surface area contributed by atoms with Crippen LogP contribution in [0, 0.1) is 10.1 Å². The summed E-state index contributed by atoms with van der Waals surface area (Å²) in [7, 11) is 0. The standard InChI is InChI=1S/C4H3N3O3/c8-4-2-5-3(1-6-4)7(9)10/h1-2H,(H,6,8). The number of aromatic nitrogens is 2. The third-order valence-electron chi connectivity index (χ3n) is 0.845. The van der Waals surface area contributed by atoms with Gasteiger partial charge < -0.3 is 15.1 Å². The van der Waals surface area contributed by atoms with E-state index >= 15 is 0 Å². The Bertz CT molecular complexity index is 284. The summed E-state index contributed by atoms with van der Waals surface area (Å²) in [6.07, 6.45) is 1.81. The number of rotatable bonds is 1. The molecule has 1 aromatic rings. The molecule has 1 aromatic heterocycles. The Morgan fingerprint density at radius 1 is 1.70 bits per heavy atom. The lowest BCUT2D eigenvalue weighted by Crippen LogP contribution is -2.05. The van der Waals surface area contributed by atoms with Gasteiger partial charge in [-0.05, 0) is 9.91 Å². The van der Waals surface area contributed by atoms with Crippen molar-refractivity contribution < 1.29 is 4.92 Å². The van der Waals surface area contributed by atoms with Gasteiger partial charge in [0.2, 0.25) is 6.20 Å². The van der Waals surface area contributed by atoms with Gasteiger partial charge in [0.25, 0.3) is 5.56 Å². The monoisotopic (exact) mass is 141 g/mol. The van der Waals surface area contributed by atoms with Crippen molar-refractivity contribution >= 4 is 5.82 Å². The van der Waals surface area contributed by atoms with E-state index in [0.717, 1.165) is 12.4 Å². The van der Waals surface area contributed by atoms with Gasteiger partial charge >= 0.3 is 5.82 Å². The molecule has 0 bridgehead atoms. The van der Waals surface area contributed by atoms with Crippen LogP contribution in [0.25, 0.3) is 0 Å². The van der Waals surface area contributed by atoms with Gasteiger partial charge in [-0.25, -0.2) is 0 Å². The van der Waals surface area contributed by atoms with Crippen molar-refractivity contribution in [2.45, 2.75) is 0 Å². The average Bonchev–Trinajstić information content (AvgIpc) is 1.88. The molecule has 0 atom stereocenters. The van der Waals surface area contributed by atoms with Crippen molar-refractivity contribution in [2.75, 3.05) is 0 Å². The topological polar surface area (TPSA) is 88.9 Å². The summed E-state index contributed by atoms with van der Waals surface area (Å²) in [5.74, 6) is -0.361. The Balaban J connectivity index is 3.12. The molecular weight excluding hydrogens is 138 g/mol. The van der Waals surface area contributed by atoms with Crippen molar-refractivity contribution in [2.24, 2.45) is 0 Å². The number of hydrogen-bond acceptors (Lipinski definition) is 4. The van der Waals surface area contributed by atoms with Crippen LogP contribution in [0.15, 0.2) is 17.2 Å². The van der Waals surface area contributed by atoms with Gasteiger partial charge in [0, 0.05) is 0 Å². The minimum Gasteiger partial charge on any atom is -0.358 e. The Labute approximate surface area is 54.7 Å². The Hall–Kier alpha value is -1.72. The molecular formula is C4H3N3O3.